The summed E-state index contributed by atoms with van der Waals surface area (Å²) < 4.78 is 19.1. The Labute approximate surface area is 129 Å². The maximum Gasteiger partial charge on any atom is 0.126 e. The molecule has 0 amide bonds. The lowest BCUT2D eigenvalue weighted by molar-refractivity contribution is 0.406. The van der Waals surface area contributed by atoms with E-state index in [1.807, 2.05) is 25.2 Å². The van der Waals surface area contributed by atoms with Gasteiger partial charge in [0.1, 0.15) is 11.6 Å². The van der Waals surface area contributed by atoms with Crippen LogP contribution in [0.5, 0.6) is 5.75 Å². The standard InChI is InChI=1S/C17H19ClFNO/c1-11-4-5-12(9-15(11)19)16(20-2)10-13-8-14(18)6-7-17(13)21-3/h4-9,16,20H,10H2,1-3H3. The lowest BCUT2D eigenvalue weighted by Gasteiger charge is -2.19. The largest absolute Gasteiger partial charge is 0.496 e. The van der Waals surface area contributed by atoms with Crippen molar-refractivity contribution in [2.24, 2.45) is 0 Å². The fourth-order valence-electron chi connectivity index (χ4n) is 2.34. The molecular formula is C17H19ClFNO. The number of ether oxygens (including phenoxy) is 1. The van der Waals surface area contributed by atoms with E-state index in [4.69, 9.17) is 16.3 Å². The molecule has 0 heterocycles. The van der Waals surface area contributed by atoms with Crippen LogP contribution in [0.3, 0.4) is 0 Å². The average molecular weight is 308 g/mol. The summed E-state index contributed by atoms with van der Waals surface area (Å²) in [4.78, 5) is 0. The van der Waals surface area contributed by atoms with Gasteiger partial charge in [-0.15, -0.1) is 0 Å². The van der Waals surface area contributed by atoms with E-state index >= 15 is 0 Å². The molecule has 2 nitrogen and oxygen atoms in total. The smallest absolute Gasteiger partial charge is 0.126 e. The van der Waals surface area contributed by atoms with Crippen molar-refractivity contribution in [3.63, 3.8) is 0 Å². The van der Waals surface area contributed by atoms with Gasteiger partial charge in [-0.25, -0.2) is 4.39 Å². The van der Waals surface area contributed by atoms with Crippen molar-refractivity contribution in [1.29, 1.82) is 0 Å². The molecular weight excluding hydrogens is 289 g/mol. The predicted octanol–water partition coefficient (Wildman–Crippen LogP) is 4.30. The van der Waals surface area contributed by atoms with Gasteiger partial charge in [-0.3, -0.25) is 0 Å². The third-order valence-corrected chi connectivity index (χ3v) is 3.85. The third-order valence-electron chi connectivity index (χ3n) is 3.61. The number of rotatable bonds is 5. The number of methoxy groups -OCH3 is 1. The third kappa shape index (κ3) is 3.74. The fourth-order valence-corrected chi connectivity index (χ4v) is 2.53. The van der Waals surface area contributed by atoms with Gasteiger partial charge in [-0.05, 0) is 61.3 Å². The van der Waals surface area contributed by atoms with Crippen molar-refractivity contribution in [3.05, 3.63) is 63.9 Å². The summed E-state index contributed by atoms with van der Waals surface area (Å²) in [6, 6.07) is 10.8. The van der Waals surface area contributed by atoms with Gasteiger partial charge in [0, 0.05) is 11.1 Å². The van der Waals surface area contributed by atoms with E-state index in [1.54, 1.807) is 32.2 Å². The highest BCUT2D eigenvalue weighted by molar-refractivity contribution is 6.30. The average Bonchev–Trinajstić information content (AvgIpc) is 2.48. The van der Waals surface area contributed by atoms with Gasteiger partial charge in [0.25, 0.3) is 0 Å². The van der Waals surface area contributed by atoms with Gasteiger partial charge < -0.3 is 10.1 Å². The lowest BCUT2D eigenvalue weighted by Crippen LogP contribution is -2.19. The van der Waals surface area contributed by atoms with Crippen LogP contribution in [-0.2, 0) is 6.42 Å². The number of aryl methyl sites for hydroxylation is 1. The molecule has 21 heavy (non-hydrogen) atoms. The van der Waals surface area contributed by atoms with Crippen molar-refractivity contribution in [3.8, 4) is 5.75 Å². The molecule has 2 aromatic rings. The van der Waals surface area contributed by atoms with Crippen LogP contribution in [0.25, 0.3) is 0 Å². The molecule has 1 unspecified atom stereocenters. The number of halogens is 2. The van der Waals surface area contributed by atoms with Crippen LogP contribution in [0.15, 0.2) is 36.4 Å². The normalized spacial score (nSPS) is 12.2. The molecule has 0 aliphatic carbocycles. The van der Waals surface area contributed by atoms with Gasteiger partial charge in [0.05, 0.1) is 7.11 Å². The summed E-state index contributed by atoms with van der Waals surface area (Å²) in [6.45, 7) is 1.76. The minimum absolute atomic E-state index is 0.00698. The van der Waals surface area contributed by atoms with Crippen LogP contribution < -0.4 is 10.1 Å². The topological polar surface area (TPSA) is 21.3 Å². The predicted molar refractivity (Wildman–Crippen MR) is 84.6 cm³/mol. The van der Waals surface area contributed by atoms with Crippen molar-refractivity contribution in [2.75, 3.05) is 14.2 Å². The van der Waals surface area contributed by atoms with Crippen LogP contribution in [0.4, 0.5) is 4.39 Å². The second-order valence-electron chi connectivity index (χ2n) is 5.01. The Bertz CT molecular complexity index is 630. The fraction of sp³-hybridized carbons (Fsp3) is 0.294. The molecule has 2 aromatic carbocycles. The quantitative estimate of drug-likeness (QED) is 0.889. The minimum atomic E-state index is -0.189. The summed E-state index contributed by atoms with van der Waals surface area (Å²) in [6.07, 6.45) is 0.669. The summed E-state index contributed by atoms with van der Waals surface area (Å²) in [7, 11) is 3.49. The molecule has 1 N–H and O–H groups in total. The molecule has 0 aromatic heterocycles. The van der Waals surface area contributed by atoms with E-state index in [1.165, 1.54) is 0 Å². The minimum Gasteiger partial charge on any atom is -0.496 e. The number of benzene rings is 2. The van der Waals surface area contributed by atoms with E-state index < -0.39 is 0 Å². The lowest BCUT2D eigenvalue weighted by atomic mass is 9.97. The Hall–Kier alpha value is -1.58. The molecule has 0 bridgehead atoms. The first-order valence-electron chi connectivity index (χ1n) is 6.81. The van der Waals surface area contributed by atoms with Crippen LogP contribution in [0.2, 0.25) is 5.02 Å². The first-order valence-corrected chi connectivity index (χ1v) is 7.18. The van der Waals surface area contributed by atoms with Crippen LogP contribution in [0, 0.1) is 12.7 Å². The Morgan fingerprint density at radius 2 is 2.00 bits per heavy atom. The molecule has 0 saturated carbocycles. The number of nitrogens with one attached hydrogen (secondary N) is 1. The Morgan fingerprint density at radius 1 is 1.24 bits per heavy atom. The van der Waals surface area contributed by atoms with Gasteiger partial charge in [-0.2, -0.15) is 0 Å². The monoisotopic (exact) mass is 307 g/mol. The van der Waals surface area contributed by atoms with Gasteiger partial charge >= 0.3 is 0 Å². The molecule has 4 heteroatoms. The Morgan fingerprint density at radius 3 is 2.62 bits per heavy atom. The van der Waals surface area contributed by atoms with Gasteiger partial charge in [0.2, 0.25) is 0 Å². The first-order chi connectivity index (χ1) is 10.0. The summed E-state index contributed by atoms with van der Waals surface area (Å²) in [5, 5.41) is 3.88. The van der Waals surface area contributed by atoms with Crippen molar-refractivity contribution in [1.82, 2.24) is 5.32 Å². The van der Waals surface area contributed by atoms with E-state index in [9.17, 15) is 4.39 Å². The van der Waals surface area contributed by atoms with Crippen molar-refractivity contribution < 1.29 is 9.13 Å². The maximum absolute atomic E-state index is 13.8. The molecule has 0 fully saturated rings. The van der Waals surface area contributed by atoms with Crippen molar-refractivity contribution >= 4 is 11.6 Å². The summed E-state index contributed by atoms with van der Waals surface area (Å²) >= 11 is 6.06. The van der Waals surface area contributed by atoms with Crippen LogP contribution >= 0.6 is 11.6 Å². The molecule has 0 aliphatic rings. The molecule has 2 rings (SSSR count). The Kier molecular flexibility index (Phi) is 5.21. The first kappa shape index (κ1) is 15.8. The Balaban J connectivity index is 2.30. The maximum atomic E-state index is 13.8. The molecule has 0 spiro atoms. The molecule has 0 radical (unpaired) electrons. The summed E-state index contributed by atoms with van der Waals surface area (Å²) in [5.74, 6) is 0.595. The highest BCUT2D eigenvalue weighted by Gasteiger charge is 2.15. The van der Waals surface area contributed by atoms with Gasteiger partial charge in [-0.1, -0.05) is 23.7 Å². The molecule has 112 valence electrons. The summed E-state index contributed by atoms with van der Waals surface area (Å²) in [5.41, 5.74) is 2.54. The van der Waals surface area contributed by atoms with E-state index in [-0.39, 0.29) is 11.9 Å². The van der Waals surface area contributed by atoms with Gasteiger partial charge in [0.15, 0.2) is 0 Å². The van der Waals surface area contributed by atoms with E-state index in [2.05, 4.69) is 5.32 Å². The number of hydrogen-bond donors (Lipinski definition) is 1. The molecule has 0 aliphatic heterocycles. The van der Waals surface area contributed by atoms with Crippen molar-refractivity contribution in [2.45, 2.75) is 19.4 Å². The van der Waals surface area contributed by atoms with E-state index in [0.717, 1.165) is 16.9 Å². The SMILES string of the molecule is CNC(Cc1cc(Cl)ccc1OC)c1ccc(C)c(F)c1. The second kappa shape index (κ2) is 6.92. The van der Waals surface area contributed by atoms with Crippen LogP contribution in [0.1, 0.15) is 22.7 Å². The van der Waals surface area contributed by atoms with Crippen LogP contribution in [-0.4, -0.2) is 14.2 Å². The number of hydrogen-bond acceptors (Lipinski definition) is 2. The highest BCUT2D eigenvalue weighted by atomic mass is 35.5. The molecule has 1 atom stereocenters. The zero-order valence-corrected chi connectivity index (χ0v) is 13.2. The van der Waals surface area contributed by atoms with E-state index in [0.29, 0.717) is 17.0 Å². The zero-order chi connectivity index (χ0) is 15.4. The molecule has 0 saturated heterocycles. The zero-order valence-electron chi connectivity index (χ0n) is 12.4. The number of likely N-dealkylation sites (N-methyl/N-ethyl adjacent to an activating group) is 1. The second-order valence-corrected chi connectivity index (χ2v) is 5.45. The highest BCUT2D eigenvalue weighted by Crippen LogP contribution is 2.28.